The Morgan fingerprint density at radius 2 is 1.69 bits per heavy atom. The van der Waals surface area contributed by atoms with E-state index in [1.807, 2.05) is 62.4 Å². The van der Waals surface area contributed by atoms with Gasteiger partial charge in [-0.05, 0) is 42.0 Å². The van der Waals surface area contributed by atoms with E-state index in [2.05, 4.69) is 10.6 Å². The maximum absolute atomic E-state index is 12.7. The highest BCUT2D eigenvalue weighted by Crippen LogP contribution is 2.12. The van der Waals surface area contributed by atoms with Crippen LogP contribution < -0.4 is 10.6 Å². The molecule has 2 rings (SSSR count). The molecular weight excluding hydrogens is 388 g/mol. The Morgan fingerprint density at radius 1 is 1.00 bits per heavy atom. The van der Waals surface area contributed by atoms with Crippen molar-refractivity contribution in [2.75, 3.05) is 0 Å². The maximum Gasteiger partial charge on any atom is 0.243 e. The zero-order chi connectivity index (χ0) is 21.2. The molecule has 0 radical (unpaired) electrons. The molecular formula is C23H27ClN2O3. The number of aryl methyl sites for hydroxylation is 1. The van der Waals surface area contributed by atoms with Crippen molar-refractivity contribution in [2.24, 2.45) is 5.92 Å². The van der Waals surface area contributed by atoms with Gasteiger partial charge in [-0.25, -0.2) is 0 Å². The average Bonchev–Trinajstić information content (AvgIpc) is 2.70. The first-order chi connectivity index (χ1) is 13.9. The van der Waals surface area contributed by atoms with Crippen molar-refractivity contribution < 1.29 is 14.4 Å². The van der Waals surface area contributed by atoms with Crippen LogP contribution in [0.2, 0.25) is 5.02 Å². The van der Waals surface area contributed by atoms with E-state index in [1.54, 1.807) is 6.07 Å². The summed E-state index contributed by atoms with van der Waals surface area (Å²) in [6, 6.07) is 15.5. The van der Waals surface area contributed by atoms with E-state index in [4.69, 9.17) is 11.6 Å². The molecule has 0 saturated carbocycles. The SMILES string of the molecule is CC(C)C(NC(=O)CCc1cccc(Cl)c1)C(=O)NC(C=O)Cc1ccccc1. The van der Waals surface area contributed by atoms with Gasteiger partial charge in [-0.3, -0.25) is 9.59 Å². The molecule has 0 aliphatic carbocycles. The lowest BCUT2D eigenvalue weighted by Gasteiger charge is -2.23. The summed E-state index contributed by atoms with van der Waals surface area (Å²) in [6.45, 7) is 3.71. The number of carbonyl (C=O) groups excluding carboxylic acids is 3. The molecule has 0 aromatic heterocycles. The molecule has 6 heteroatoms. The summed E-state index contributed by atoms with van der Waals surface area (Å²) in [6.07, 6.45) is 1.91. The third kappa shape index (κ3) is 7.70. The van der Waals surface area contributed by atoms with Crippen molar-refractivity contribution >= 4 is 29.7 Å². The minimum atomic E-state index is -0.708. The predicted molar refractivity (Wildman–Crippen MR) is 115 cm³/mol. The molecule has 2 aromatic carbocycles. The van der Waals surface area contributed by atoms with Crippen molar-refractivity contribution in [3.05, 3.63) is 70.7 Å². The largest absolute Gasteiger partial charge is 0.344 e. The van der Waals surface area contributed by atoms with Gasteiger partial charge in [0.15, 0.2) is 0 Å². The lowest BCUT2D eigenvalue weighted by Crippen LogP contribution is -2.52. The highest BCUT2D eigenvalue weighted by atomic mass is 35.5. The fraction of sp³-hybridized carbons (Fsp3) is 0.348. The number of carbonyl (C=O) groups is 3. The van der Waals surface area contributed by atoms with Gasteiger partial charge in [-0.2, -0.15) is 0 Å². The summed E-state index contributed by atoms with van der Waals surface area (Å²) >= 11 is 5.97. The Bertz CT molecular complexity index is 824. The first-order valence-corrected chi connectivity index (χ1v) is 10.1. The molecule has 2 N–H and O–H groups in total. The van der Waals surface area contributed by atoms with Crippen LogP contribution in [-0.2, 0) is 27.2 Å². The average molecular weight is 415 g/mol. The Labute approximate surface area is 176 Å². The van der Waals surface area contributed by atoms with Crippen molar-refractivity contribution in [2.45, 2.75) is 45.2 Å². The minimum Gasteiger partial charge on any atom is -0.344 e. The molecule has 2 amide bonds. The van der Waals surface area contributed by atoms with Gasteiger partial charge >= 0.3 is 0 Å². The van der Waals surface area contributed by atoms with Crippen molar-refractivity contribution in [3.63, 3.8) is 0 Å². The van der Waals surface area contributed by atoms with Crippen LogP contribution in [0.15, 0.2) is 54.6 Å². The smallest absolute Gasteiger partial charge is 0.243 e. The molecule has 0 aliphatic rings. The van der Waals surface area contributed by atoms with E-state index in [0.717, 1.165) is 17.4 Å². The molecule has 5 nitrogen and oxygen atoms in total. The third-order valence-electron chi connectivity index (χ3n) is 4.59. The molecule has 0 bridgehead atoms. The lowest BCUT2D eigenvalue weighted by atomic mass is 10.0. The van der Waals surface area contributed by atoms with E-state index in [0.29, 0.717) is 17.9 Å². The second-order valence-electron chi connectivity index (χ2n) is 7.36. The number of amides is 2. The quantitative estimate of drug-likeness (QED) is 0.585. The molecule has 0 fully saturated rings. The number of hydrogen-bond acceptors (Lipinski definition) is 3. The highest BCUT2D eigenvalue weighted by Gasteiger charge is 2.26. The van der Waals surface area contributed by atoms with Gasteiger partial charge in [0, 0.05) is 11.4 Å². The molecule has 0 heterocycles. The van der Waals surface area contributed by atoms with E-state index < -0.39 is 12.1 Å². The first-order valence-electron chi connectivity index (χ1n) is 9.72. The van der Waals surface area contributed by atoms with Crippen molar-refractivity contribution in [1.82, 2.24) is 10.6 Å². The lowest BCUT2D eigenvalue weighted by molar-refractivity contribution is -0.131. The third-order valence-corrected chi connectivity index (χ3v) is 4.82. The number of rotatable bonds is 10. The summed E-state index contributed by atoms with van der Waals surface area (Å²) in [4.78, 5) is 36.5. The van der Waals surface area contributed by atoms with Crippen LogP contribution in [0, 0.1) is 5.92 Å². The number of hydrogen-bond donors (Lipinski definition) is 2. The summed E-state index contributed by atoms with van der Waals surface area (Å²) in [5.41, 5.74) is 1.92. The molecule has 29 heavy (non-hydrogen) atoms. The van der Waals surface area contributed by atoms with Gasteiger partial charge in [-0.1, -0.05) is 67.9 Å². The number of aldehydes is 1. The monoisotopic (exact) mass is 414 g/mol. The summed E-state index contributed by atoms with van der Waals surface area (Å²) < 4.78 is 0. The van der Waals surface area contributed by atoms with E-state index in [1.165, 1.54) is 0 Å². The van der Waals surface area contributed by atoms with Crippen molar-refractivity contribution in [3.8, 4) is 0 Å². The van der Waals surface area contributed by atoms with Gasteiger partial charge in [0.2, 0.25) is 11.8 Å². The Morgan fingerprint density at radius 3 is 2.31 bits per heavy atom. The number of benzene rings is 2. The summed E-state index contributed by atoms with van der Waals surface area (Å²) in [5, 5.41) is 6.16. The second kappa shape index (κ2) is 11.4. The van der Waals surface area contributed by atoms with Crippen LogP contribution in [0.5, 0.6) is 0 Å². The normalized spacial score (nSPS) is 12.8. The van der Waals surface area contributed by atoms with Crippen molar-refractivity contribution in [1.29, 1.82) is 0 Å². The van der Waals surface area contributed by atoms with E-state index in [-0.39, 0.29) is 24.2 Å². The van der Waals surface area contributed by atoms with Crippen LogP contribution in [0.3, 0.4) is 0 Å². The Kier molecular flexibility index (Phi) is 8.87. The molecule has 154 valence electrons. The Balaban J connectivity index is 1.92. The zero-order valence-corrected chi connectivity index (χ0v) is 17.5. The fourth-order valence-electron chi connectivity index (χ4n) is 3.00. The predicted octanol–water partition coefficient (Wildman–Crippen LogP) is 3.34. The summed E-state index contributed by atoms with van der Waals surface area (Å²) in [5.74, 6) is -0.692. The van der Waals surface area contributed by atoms with Crippen LogP contribution in [0.4, 0.5) is 0 Å². The standard InChI is InChI=1S/C23H27ClN2O3/c1-16(2)22(26-21(28)12-11-18-9-6-10-19(24)13-18)23(29)25-20(15-27)14-17-7-4-3-5-8-17/h3-10,13,15-16,20,22H,11-12,14H2,1-2H3,(H,25,29)(H,26,28). The van der Waals surface area contributed by atoms with Crippen LogP contribution in [0.1, 0.15) is 31.4 Å². The summed E-state index contributed by atoms with van der Waals surface area (Å²) in [7, 11) is 0. The minimum absolute atomic E-state index is 0.117. The van der Waals surface area contributed by atoms with Gasteiger partial charge in [0.25, 0.3) is 0 Å². The van der Waals surface area contributed by atoms with Gasteiger partial charge in [-0.15, -0.1) is 0 Å². The zero-order valence-electron chi connectivity index (χ0n) is 16.7. The fourth-order valence-corrected chi connectivity index (χ4v) is 3.22. The Hall–Kier alpha value is -2.66. The van der Waals surface area contributed by atoms with Gasteiger partial charge < -0.3 is 15.4 Å². The topological polar surface area (TPSA) is 75.3 Å². The molecule has 0 saturated heterocycles. The van der Waals surface area contributed by atoms with E-state index >= 15 is 0 Å². The first kappa shape index (κ1) is 22.6. The van der Waals surface area contributed by atoms with E-state index in [9.17, 15) is 14.4 Å². The molecule has 2 atom stereocenters. The highest BCUT2D eigenvalue weighted by molar-refractivity contribution is 6.30. The molecule has 0 aliphatic heterocycles. The van der Waals surface area contributed by atoms with Crippen LogP contribution >= 0.6 is 11.6 Å². The van der Waals surface area contributed by atoms with Crippen LogP contribution in [0.25, 0.3) is 0 Å². The maximum atomic E-state index is 12.7. The number of nitrogens with one attached hydrogen (secondary N) is 2. The second-order valence-corrected chi connectivity index (χ2v) is 7.80. The van der Waals surface area contributed by atoms with Gasteiger partial charge in [0.05, 0.1) is 6.04 Å². The molecule has 2 aromatic rings. The molecule has 2 unspecified atom stereocenters. The van der Waals surface area contributed by atoms with Crippen LogP contribution in [-0.4, -0.2) is 30.2 Å². The number of halogens is 1. The van der Waals surface area contributed by atoms with Gasteiger partial charge in [0.1, 0.15) is 12.3 Å². The molecule has 0 spiro atoms.